The van der Waals surface area contributed by atoms with E-state index in [1.807, 2.05) is 18.2 Å². The van der Waals surface area contributed by atoms with E-state index in [0.717, 1.165) is 0 Å². The van der Waals surface area contributed by atoms with Gasteiger partial charge in [0.2, 0.25) is 0 Å². The summed E-state index contributed by atoms with van der Waals surface area (Å²) in [7, 11) is -4.34. The molecule has 0 spiro atoms. The lowest BCUT2D eigenvalue weighted by atomic mass is 10.0. The standard InChI is InChI=1S/C27H45NO3Si2/c1-13-18-23(31-33(11,12)27(6,7)8)24(28-25(29)21-19-16-15-17-20-21)22(14-2)30-32(9,10)26(3,4)5/h1,14-17,19-20,22-24H,2,18H2,3-12H3,(H,28,29)/t22-,23-,24-/m1/s1. The summed E-state index contributed by atoms with van der Waals surface area (Å²) >= 11 is 0. The van der Waals surface area contributed by atoms with Crippen molar-refractivity contribution < 1.29 is 13.6 Å². The second kappa shape index (κ2) is 11.2. The van der Waals surface area contributed by atoms with Gasteiger partial charge in [-0.25, -0.2) is 0 Å². The molecule has 1 amide bonds. The molecule has 1 aromatic carbocycles. The zero-order chi connectivity index (χ0) is 25.7. The Kier molecular flexibility index (Phi) is 9.95. The van der Waals surface area contributed by atoms with Crippen LogP contribution in [0.3, 0.4) is 0 Å². The summed E-state index contributed by atoms with van der Waals surface area (Å²) in [5, 5.41) is 3.21. The van der Waals surface area contributed by atoms with Crippen molar-refractivity contribution >= 4 is 22.5 Å². The molecule has 0 radical (unpaired) electrons. The van der Waals surface area contributed by atoms with E-state index in [-0.39, 0.29) is 16.0 Å². The smallest absolute Gasteiger partial charge is 0.251 e. The summed E-state index contributed by atoms with van der Waals surface area (Å²) in [5.41, 5.74) is 0.587. The molecule has 0 bridgehead atoms. The molecule has 0 saturated carbocycles. The summed E-state index contributed by atoms with van der Waals surface area (Å²) in [6, 6.07) is 8.74. The van der Waals surface area contributed by atoms with Crippen LogP contribution in [0.5, 0.6) is 0 Å². The molecule has 0 aliphatic carbocycles. The number of benzene rings is 1. The van der Waals surface area contributed by atoms with E-state index in [0.29, 0.717) is 12.0 Å². The minimum atomic E-state index is -2.18. The van der Waals surface area contributed by atoms with Gasteiger partial charge in [-0.05, 0) is 48.4 Å². The molecule has 6 heteroatoms. The number of hydrogen-bond donors (Lipinski definition) is 1. The zero-order valence-corrected chi connectivity index (χ0v) is 24.4. The van der Waals surface area contributed by atoms with Crippen molar-refractivity contribution in [3.05, 3.63) is 48.6 Å². The molecule has 0 fully saturated rings. The second-order valence-corrected chi connectivity index (χ2v) is 21.3. The van der Waals surface area contributed by atoms with E-state index < -0.39 is 34.9 Å². The number of nitrogens with one attached hydrogen (secondary N) is 1. The first-order valence-corrected chi connectivity index (χ1v) is 17.6. The molecule has 0 aliphatic rings. The normalized spacial score (nSPS) is 15.8. The van der Waals surface area contributed by atoms with Gasteiger partial charge < -0.3 is 14.2 Å². The first kappa shape index (κ1) is 29.4. The van der Waals surface area contributed by atoms with Crippen LogP contribution in [0.2, 0.25) is 36.3 Å². The Hall–Kier alpha value is -1.66. The maximum Gasteiger partial charge on any atom is 0.251 e. The van der Waals surface area contributed by atoms with Crippen molar-refractivity contribution in [2.24, 2.45) is 0 Å². The van der Waals surface area contributed by atoms with E-state index >= 15 is 0 Å². The van der Waals surface area contributed by atoms with Crippen LogP contribution in [0.4, 0.5) is 0 Å². The summed E-state index contributed by atoms with van der Waals surface area (Å²) in [6.07, 6.45) is 7.13. The topological polar surface area (TPSA) is 47.6 Å². The highest BCUT2D eigenvalue weighted by Gasteiger charge is 2.45. The lowest BCUT2D eigenvalue weighted by molar-refractivity contribution is 0.0616. The van der Waals surface area contributed by atoms with Crippen LogP contribution in [-0.2, 0) is 8.85 Å². The van der Waals surface area contributed by atoms with Crippen LogP contribution < -0.4 is 5.32 Å². The molecule has 1 rings (SSSR count). The number of terminal acetylenes is 1. The van der Waals surface area contributed by atoms with Gasteiger partial charge in [0.1, 0.15) is 0 Å². The van der Waals surface area contributed by atoms with Gasteiger partial charge >= 0.3 is 0 Å². The average Bonchev–Trinajstić information content (AvgIpc) is 2.68. The SMILES string of the molecule is C#CC[C@@H](O[Si](C)(C)C(C)(C)C)[C@H](NC(=O)c1ccccc1)[C@@H](C=C)O[Si](C)(C)C(C)(C)C. The van der Waals surface area contributed by atoms with E-state index in [1.165, 1.54) is 0 Å². The van der Waals surface area contributed by atoms with Gasteiger partial charge in [-0.1, -0.05) is 65.8 Å². The third-order valence-electron chi connectivity index (χ3n) is 7.13. The van der Waals surface area contributed by atoms with E-state index in [9.17, 15) is 4.79 Å². The Bertz CT molecular complexity index is 830. The summed E-state index contributed by atoms with van der Waals surface area (Å²) in [6.45, 7) is 26.0. The van der Waals surface area contributed by atoms with Gasteiger partial charge in [0.05, 0.1) is 18.2 Å². The van der Waals surface area contributed by atoms with Crippen LogP contribution in [0.1, 0.15) is 58.3 Å². The van der Waals surface area contributed by atoms with Crippen LogP contribution in [0.15, 0.2) is 43.0 Å². The third-order valence-corrected chi connectivity index (χ3v) is 16.1. The quantitative estimate of drug-likeness (QED) is 0.225. The molecule has 0 heterocycles. The molecule has 0 saturated heterocycles. The monoisotopic (exact) mass is 487 g/mol. The molecule has 184 valence electrons. The van der Waals surface area contributed by atoms with Crippen molar-refractivity contribution in [1.29, 1.82) is 0 Å². The molecule has 1 aromatic rings. The maximum atomic E-state index is 13.2. The third kappa shape index (κ3) is 7.96. The van der Waals surface area contributed by atoms with Gasteiger partial charge in [-0.3, -0.25) is 4.79 Å². The van der Waals surface area contributed by atoms with Crippen molar-refractivity contribution in [1.82, 2.24) is 5.32 Å². The van der Waals surface area contributed by atoms with Crippen molar-refractivity contribution in [2.45, 2.75) is 102 Å². The predicted molar refractivity (Wildman–Crippen MR) is 145 cm³/mol. The molecule has 4 nitrogen and oxygen atoms in total. The zero-order valence-electron chi connectivity index (χ0n) is 22.4. The lowest BCUT2D eigenvalue weighted by Gasteiger charge is -2.45. The maximum absolute atomic E-state index is 13.2. The number of hydrogen-bond acceptors (Lipinski definition) is 3. The average molecular weight is 488 g/mol. The van der Waals surface area contributed by atoms with Crippen LogP contribution in [-0.4, -0.2) is 40.8 Å². The number of carbonyl (C=O) groups excluding carboxylic acids is 1. The number of carbonyl (C=O) groups is 1. The van der Waals surface area contributed by atoms with Gasteiger partial charge in [0.25, 0.3) is 5.91 Å². The van der Waals surface area contributed by atoms with Gasteiger partial charge in [-0.2, -0.15) is 0 Å². The fraction of sp³-hybridized carbons (Fsp3) is 0.593. The van der Waals surface area contributed by atoms with Crippen LogP contribution >= 0.6 is 0 Å². The largest absolute Gasteiger partial charge is 0.411 e. The second-order valence-electron chi connectivity index (χ2n) is 11.8. The van der Waals surface area contributed by atoms with E-state index in [2.05, 4.69) is 85.5 Å². The highest BCUT2D eigenvalue weighted by molar-refractivity contribution is 6.74. The van der Waals surface area contributed by atoms with Crippen molar-refractivity contribution in [3.8, 4) is 12.3 Å². The first-order valence-electron chi connectivity index (χ1n) is 11.7. The predicted octanol–water partition coefficient (Wildman–Crippen LogP) is 6.78. The summed E-state index contributed by atoms with van der Waals surface area (Å²) in [4.78, 5) is 13.2. The van der Waals surface area contributed by atoms with Gasteiger partial charge in [0, 0.05) is 12.0 Å². The Balaban J connectivity index is 3.45. The Labute approximate surface area is 204 Å². The molecule has 0 unspecified atom stereocenters. The van der Waals surface area contributed by atoms with E-state index in [4.69, 9.17) is 15.3 Å². The van der Waals surface area contributed by atoms with Crippen LogP contribution in [0, 0.1) is 12.3 Å². The number of amides is 1. The molecular formula is C27H45NO3Si2. The van der Waals surface area contributed by atoms with Crippen LogP contribution in [0.25, 0.3) is 0 Å². The van der Waals surface area contributed by atoms with E-state index in [1.54, 1.807) is 18.2 Å². The summed E-state index contributed by atoms with van der Waals surface area (Å²) < 4.78 is 13.5. The highest BCUT2D eigenvalue weighted by atomic mass is 28.4. The first-order chi connectivity index (χ1) is 15.0. The molecule has 3 atom stereocenters. The highest BCUT2D eigenvalue weighted by Crippen LogP contribution is 2.40. The molecule has 33 heavy (non-hydrogen) atoms. The Morgan fingerprint density at radius 1 is 1.03 bits per heavy atom. The molecule has 0 aromatic heterocycles. The van der Waals surface area contributed by atoms with Crippen molar-refractivity contribution in [2.75, 3.05) is 0 Å². The number of rotatable bonds is 10. The fourth-order valence-electron chi connectivity index (χ4n) is 2.91. The molecule has 1 N–H and O–H groups in total. The molecule has 0 aliphatic heterocycles. The van der Waals surface area contributed by atoms with Gasteiger partial charge in [-0.15, -0.1) is 18.9 Å². The minimum Gasteiger partial charge on any atom is -0.411 e. The lowest BCUT2D eigenvalue weighted by Crippen LogP contribution is -2.58. The summed E-state index contributed by atoms with van der Waals surface area (Å²) in [5.74, 6) is 2.60. The Morgan fingerprint density at radius 2 is 1.52 bits per heavy atom. The fourth-order valence-corrected chi connectivity index (χ4v) is 5.53. The molecular weight excluding hydrogens is 442 g/mol. The Morgan fingerprint density at radius 3 is 1.94 bits per heavy atom. The minimum absolute atomic E-state index is 0.00218. The van der Waals surface area contributed by atoms with Crippen molar-refractivity contribution in [3.63, 3.8) is 0 Å². The van der Waals surface area contributed by atoms with Gasteiger partial charge in [0.15, 0.2) is 16.6 Å².